The molecular weight excluding hydrogens is 288 g/mol. The van der Waals surface area contributed by atoms with Gasteiger partial charge in [-0.1, -0.05) is 37.1 Å². The molecule has 0 bridgehead atoms. The molecule has 120 valence electrons. The molecule has 5 nitrogen and oxygen atoms in total. The van der Waals surface area contributed by atoms with Crippen LogP contribution in [0.15, 0.2) is 36.7 Å². The Morgan fingerprint density at radius 1 is 1.17 bits per heavy atom. The van der Waals surface area contributed by atoms with Gasteiger partial charge in [0.05, 0.1) is 5.56 Å². The van der Waals surface area contributed by atoms with Crippen molar-refractivity contribution >= 4 is 11.9 Å². The fraction of sp³-hybridized carbons (Fsp3) is 0.389. The Labute approximate surface area is 136 Å². The first-order chi connectivity index (χ1) is 11.2. The Morgan fingerprint density at radius 3 is 2.57 bits per heavy atom. The Morgan fingerprint density at radius 2 is 1.87 bits per heavy atom. The highest BCUT2D eigenvalue weighted by Gasteiger charge is 2.18. The van der Waals surface area contributed by atoms with E-state index in [1.165, 1.54) is 24.0 Å². The summed E-state index contributed by atoms with van der Waals surface area (Å²) < 4.78 is 0. The maximum atomic E-state index is 12.1. The van der Waals surface area contributed by atoms with Gasteiger partial charge in [0.2, 0.25) is 5.95 Å². The molecule has 0 saturated heterocycles. The summed E-state index contributed by atoms with van der Waals surface area (Å²) >= 11 is 0. The maximum Gasteiger partial charge on any atom is 0.254 e. The summed E-state index contributed by atoms with van der Waals surface area (Å²) in [6, 6.07) is 8.50. The zero-order valence-corrected chi connectivity index (χ0v) is 13.4. The highest BCUT2D eigenvalue weighted by molar-refractivity contribution is 5.93. The lowest BCUT2D eigenvalue weighted by molar-refractivity contribution is 0.0937. The average Bonchev–Trinajstić information content (AvgIpc) is 3.07. The maximum absolute atomic E-state index is 12.1. The van der Waals surface area contributed by atoms with Crippen molar-refractivity contribution in [3.05, 3.63) is 53.3 Å². The van der Waals surface area contributed by atoms with Gasteiger partial charge in [-0.2, -0.15) is 0 Å². The molecule has 1 heterocycles. The number of benzene rings is 1. The first-order valence-electron chi connectivity index (χ1n) is 8.13. The van der Waals surface area contributed by atoms with Crippen LogP contribution in [0, 0.1) is 6.92 Å². The number of anilines is 1. The number of hydrogen-bond acceptors (Lipinski definition) is 4. The Hall–Kier alpha value is -2.43. The normalized spacial score (nSPS) is 14.7. The van der Waals surface area contributed by atoms with Crippen molar-refractivity contribution in [1.29, 1.82) is 0 Å². The van der Waals surface area contributed by atoms with Crippen LogP contribution < -0.4 is 10.6 Å². The van der Waals surface area contributed by atoms with Crippen molar-refractivity contribution in [1.82, 2.24) is 15.3 Å². The molecule has 0 spiro atoms. The minimum Gasteiger partial charge on any atom is -0.350 e. The van der Waals surface area contributed by atoms with E-state index in [0.29, 0.717) is 24.1 Å². The van der Waals surface area contributed by atoms with Crippen molar-refractivity contribution in [3.63, 3.8) is 0 Å². The molecule has 0 aliphatic heterocycles. The molecule has 1 aromatic heterocycles. The number of rotatable bonds is 5. The lowest BCUT2D eigenvalue weighted by Gasteiger charge is -2.12. The van der Waals surface area contributed by atoms with Gasteiger partial charge in [-0.3, -0.25) is 4.79 Å². The summed E-state index contributed by atoms with van der Waals surface area (Å²) in [6.07, 6.45) is 7.70. The van der Waals surface area contributed by atoms with Crippen LogP contribution in [0.1, 0.15) is 47.2 Å². The summed E-state index contributed by atoms with van der Waals surface area (Å²) in [6.45, 7) is 2.74. The van der Waals surface area contributed by atoms with Crippen LogP contribution in [0.4, 0.5) is 5.95 Å². The van der Waals surface area contributed by atoms with Crippen molar-refractivity contribution in [3.8, 4) is 0 Å². The molecule has 3 rings (SSSR count). The van der Waals surface area contributed by atoms with Crippen molar-refractivity contribution < 1.29 is 4.79 Å². The lowest BCUT2D eigenvalue weighted by Crippen LogP contribution is -2.32. The minimum atomic E-state index is -0.0812. The van der Waals surface area contributed by atoms with Gasteiger partial charge < -0.3 is 10.6 Å². The molecule has 0 atom stereocenters. The molecule has 1 amide bonds. The molecule has 1 aliphatic carbocycles. The van der Waals surface area contributed by atoms with Gasteiger partial charge in [-0.15, -0.1) is 0 Å². The van der Waals surface area contributed by atoms with Crippen LogP contribution in [-0.2, 0) is 6.54 Å². The number of amides is 1. The summed E-state index contributed by atoms with van der Waals surface area (Å²) in [5.41, 5.74) is 2.95. The molecule has 1 aliphatic rings. The van der Waals surface area contributed by atoms with Crippen LogP contribution in [0.3, 0.4) is 0 Å². The van der Waals surface area contributed by atoms with Crippen molar-refractivity contribution in [2.45, 2.75) is 45.2 Å². The van der Waals surface area contributed by atoms with E-state index in [2.05, 4.69) is 39.7 Å². The first kappa shape index (κ1) is 15.5. The van der Waals surface area contributed by atoms with Gasteiger partial charge in [0.25, 0.3) is 5.91 Å². The number of nitrogens with one attached hydrogen (secondary N) is 2. The molecule has 0 unspecified atom stereocenters. The predicted molar refractivity (Wildman–Crippen MR) is 90.3 cm³/mol. The minimum absolute atomic E-state index is 0.0812. The second-order valence-corrected chi connectivity index (χ2v) is 6.03. The fourth-order valence-electron chi connectivity index (χ4n) is 2.86. The van der Waals surface area contributed by atoms with Crippen molar-refractivity contribution in [2.75, 3.05) is 5.32 Å². The molecule has 1 aromatic carbocycles. The average molecular weight is 310 g/mol. The summed E-state index contributed by atoms with van der Waals surface area (Å²) in [7, 11) is 0. The summed E-state index contributed by atoms with van der Waals surface area (Å²) in [4.78, 5) is 20.6. The van der Waals surface area contributed by atoms with E-state index in [9.17, 15) is 4.79 Å². The third kappa shape index (κ3) is 4.06. The van der Waals surface area contributed by atoms with Crippen LogP contribution in [0.25, 0.3) is 0 Å². The van der Waals surface area contributed by atoms with Crippen LogP contribution in [0.5, 0.6) is 0 Å². The van der Waals surface area contributed by atoms with E-state index in [1.54, 1.807) is 12.4 Å². The molecule has 5 heteroatoms. The Balaban J connectivity index is 1.56. The van der Waals surface area contributed by atoms with Crippen molar-refractivity contribution in [2.24, 2.45) is 0 Å². The van der Waals surface area contributed by atoms with E-state index in [-0.39, 0.29) is 5.91 Å². The highest BCUT2D eigenvalue weighted by atomic mass is 16.1. The Bertz CT molecular complexity index is 663. The Kier molecular flexibility index (Phi) is 4.86. The largest absolute Gasteiger partial charge is 0.350 e. The first-order valence-corrected chi connectivity index (χ1v) is 8.13. The van der Waals surface area contributed by atoms with E-state index < -0.39 is 0 Å². The van der Waals surface area contributed by atoms with Gasteiger partial charge in [-0.25, -0.2) is 9.97 Å². The zero-order chi connectivity index (χ0) is 16.1. The highest BCUT2D eigenvalue weighted by Crippen LogP contribution is 2.18. The summed E-state index contributed by atoms with van der Waals surface area (Å²) in [5, 5.41) is 6.23. The van der Waals surface area contributed by atoms with Gasteiger partial charge in [-0.05, 0) is 30.9 Å². The van der Waals surface area contributed by atoms with E-state index in [0.717, 1.165) is 12.8 Å². The van der Waals surface area contributed by atoms with Gasteiger partial charge >= 0.3 is 0 Å². The van der Waals surface area contributed by atoms with Gasteiger partial charge in [0, 0.05) is 25.0 Å². The molecule has 23 heavy (non-hydrogen) atoms. The smallest absolute Gasteiger partial charge is 0.254 e. The van der Waals surface area contributed by atoms with E-state index in [1.807, 2.05) is 12.1 Å². The number of aromatic nitrogens is 2. The monoisotopic (exact) mass is 310 g/mol. The SMILES string of the molecule is Cc1ccccc1CNc1ncc(C(=O)NC2CCCC2)cn1. The molecule has 1 fully saturated rings. The van der Waals surface area contributed by atoms with Crippen LogP contribution >= 0.6 is 0 Å². The molecule has 1 saturated carbocycles. The topological polar surface area (TPSA) is 66.9 Å². The number of carbonyl (C=O) groups is 1. The standard InChI is InChI=1S/C18H22N4O/c1-13-6-2-3-7-14(13)10-19-18-20-11-15(12-21-18)17(23)22-16-8-4-5-9-16/h2-3,6-7,11-12,16H,4-5,8-10H2,1H3,(H,22,23)(H,19,20,21). The number of hydrogen-bond donors (Lipinski definition) is 2. The fourth-order valence-corrected chi connectivity index (χ4v) is 2.86. The third-order valence-corrected chi connectivity index (χ3v) is 4.30. The predicted octanol–water partition coefficient (Wildman–Crippen LogP) is 3.07. The van der Waals surface area contributed by atoms with Gasteiger partial charge in [0.15, 0.2) is 0 Å². The van der Waals surface area contributed by atoms with E-state index >= 15 is 0 Å². The summed E-state index contributed by atoms with van der Waals surface area (Å²) in [5.74, 6) is 0.452. The molecule has 2 N–H and O–H groups in total. The molecular formula is C18H22N4O. The number of nitrogens with zero attached hydrogens (tertiary/aromatic N) is 2. The number of carbonyl (C=O) groups excluding carboxylic acids is 1. The lowest BCUT2D eigenvalue weighted by atomic mass is 10.1. The van der Waals surface area contributed by atoms with Gasteiger partial charge in [0.1, 0.15) is 0 Å². The van der Waals surface area contributed by atoms with Crippen LogP contribution in [-0.4, -0.2) is 21.9 Å². The second kappa shape index (κ2) is 7.22. The second-order valence-electron chi connectivity index (χ2n) is 6.03. The molecule has 0 radical (unpaired) electrons. The quantitative estimate of drug-likeness (QED) is 0.890. The zero-order valence-electron chi connectivity index (χ0n) is 13.4. The third-order valence-electron chi connectivity index (χ3n) is 4.30. The van der Waals surface area contributed by atoms with Crippen LogP contribution in [0.2, 0.25) is 0 Å². The van der Waals surface area contributed by atoms with E-state index in [4.69, 9.17) is 0 Å². The number of aryl methyl sites for hydroxylation is 1. The molecule has 2 aromatic rings.